The topological polar surface area (TPSA) is 47.6 Å². The standard InChI is InChI=1S/C22H22BrNO3/c1-26-19-8-7-17-11-16(3-6-18(17)13-19)14-24-22(25)10-5-15-4-9-21(27-2)20(23)12-15/h3-4,6-9,11-13H,5,10,14H2,1-2H3,(H,24,25). The molecule has 3 rings (SSSR count). The summed E-state index contributed by atoms with van der Waals surface area (Å²) in [5, 5.41) is 5.24. The highest BCUT2D eigenvalue weighted by atomic mass is 79.9. The number of rotatable bonds is 7. The zero-order valence-corrected chi connectivity index (χ0v) is 17.0. The number of carbonyl (C=O) groups is 1. The first-order valence-electron chi connectivity index (χ1n) is 8.75. The highest BCUT2D eigenvalue weighted by Crippen LogP contribution is 2.26. The molecule has 3 aromatic carbocycles. The minimum Gasteiger partial charge on any atom is -0.497 e. The lowest BCUT2D eigenvalue weighted by Crippen LogP contribution is -2.22. The van der Waals surface area contributed by atoms with Crippen LogP contribution < -0.4 is 14.8 Å². The number of fused-ring (bicyclic) bond motifs is 1. The molecule has 0 unspecified atom stereocenters. The maximum absolute atomic E-state index is 12.2. The van der Waals surface area contributed by atoms with Gasteiger partial charge in [-0.15, -0.1) is 0 Å². The van der Waals surface area contributed by atoms with Crippen LogP contribution in [0.15, 0.2) is 59.1 Å². The second-order valence-corrected chi connectivity index (χ2v) is 7.15. The fourth-order valence-electron chi connectivity index (χ4n) is 2.92. The summed E-state index contributed by atoms with van der Waals surface area (Å²) < 4.78 is 11.4. The third kappa shape index (κ3) is 5.01. The summed E-state index contributed by atoms with van der Waals surface area (Å²) in [7, 11) is 3.30. The highest BCUT2D eigenvalue weighted by molar-refractivity contribution is 9.10. The Kier molecular flexibility index (Phi) is 6.35. The van der Waals surface area contributed by atoms with Crippen LogP contribution in [0.1, 0.15) is 17.5 Å². The van der Waals surface area contributed by atoms with E-state index < -0.39 is 0 Å². The van der Waals surface area contributed by atoms with Crippen LogP contribution in [0.25, 0.3) is 10.8 Å². The lowest BCUT2D eigenvalue weighted by molar-refractivity contribution is -0.121. The van der Waals surface area contributed by atoms with Gasteiger partial charge in [0.2, 0.25) is 5.91 Å². The Balaban J connectivity index is 1.54. The van der Waals surface area contributed by atoms with Crippen molar-refractivity contribution in [2.24, 2.45) is 0 Å². The van der Waals surface area contributed by atoms with Crippen LogP contribution in [0, 0.1) is 0 Å². The summed E-state index contributed by atoms with van der Waals surface area (Å²) in [6.45, 7) is 0.521. The van der Waals surface area contributed by atoms with E-state index in [4.69, 9.17) is 9.47 Å². The number of carbonyl (C=O) groups excluding carboxylic acids is 1. The van der Waals surface area contributed by atoms with Crippen molar-refractivity contribution in [3.63, 3.8) is 0 Å². The molecule has 0 fully saturated rings. The van der Waals surface area contributed by atoms with E-state index in [0.717, 1.165) is 37.9 Å². The zero-order chi connectivity index (χ0) is 19.2. The maximum atomic E-state index is 12.2. The molecule has 0 aromatic heterocycles. The first-order chi connectivity index (χ1) is 13.1. The minimum atomic E-state index is 0.0387. The molecule has 0 saturated carbocycles. The fourth-order valence-corrected chi connectivity index (χ4v) is 3.51. The highest BCUT2D eigenvalue weighted by Gasteiger charge is 2.06. The molecule has 1 amide bonds. The summed E-state index contributed by atoms with van der Waals surface area (Å²) >= 11 is 3.47. The second-order valence-electron chi connectivity index (χ2n) is 6.29. The number of nitrogens with one attached hydrogen (secondary N) is 1. The second kappa shape index (κ2) is 8.91. The van der Waals surface area contributed by atoms with Crippen LogP contribution in [0.4, 0.5) is 0 Å². The van der Waals surface area contributed by atoms with E-state index in [1.807, 2.05) is 48.5 Å². The molecule has 0 bridgehead atoms. The molecule has 0 aliphatic carbocycles. The van der Waals surface area contributed by atoms with Gasteiger partial charge in [-0.3, -0.25) is 4.79 Å². The third-order valence-corrected chi connectivity index (χ3v) is 5.08. The number of hydrogen-bond acceptors (Lipinski definition) is 3. The van der Waals surface area contributed by atoms with E-state index in [1.54, 1.807) is 14.2 Å². The van der Waals surface area contributed by atoms with Crippen LogP contribution in [0.3, 0.4) is 0 Å². The summed E-state index contributed by atoms with van der Waals surface area (Å²) in [5.41, 5.74) is 2.17. The first-order valence-corrected chi connectivity index (χ1v) is 9.54. The summed E-state index contributed by atoms with van der Waals surface area (Å²) in [5.74, 6) is 1.67. The van der Waals surface area contributed by atoms with E-state index in [2.05, 4.69) is 27.3 Å². The Morgan fingerprint density at radius 2 is 1.67 bits per heavy atom. The van der Waals surface area contributed by atoms with E-state index in [9.17, 15) is 4.79 Å². The Morgan fingerprint density at radius 3 is 2.41 bits per heavy atom. The van der Waals surface area contributed by atoms with Gasteiger partial charge in [0.15, 0.2) is 0 Å². The number of benzene rings is 3. The third-order valence-electron chi connectivity index (χ3n) is 4.46. The van der Waals surface area contributed by atoms with Crippen molar-refractivity contribution in [3.05, 3.63) is 70.2 Å². The van der Waals surface area contributed by atoms with E-state index in [0.29, 0.717) is 19.4 Å². The van der Waals surface area contributed by atoms with E-state index >= 15 is 0 Å². The van der Waals surface area contributed by atoms with Crippen LogP contribution in [0.5, 0.6) is 11.5 Å². The molecular formula is C22H22BrNO3. The molecule has 0 atom stereocenters. The molecule has 0 heterocycles. The van der Waals surface area contributed by atoms with Crippen LogP contribution in [-0.4, -0.2) is 20.1 Å². The minimum absolute atomic E-state index is 0.0387. The van der Waals surface area contributed by atoms with Gasteiger partial charge in [-0.25, -0.2) is 0 Å². The van der Waals surface area contributed by atoms with Crippen LogP contribution in [0.2, 0.25) is 0 Å². The largest absolute Gasteiger partial charge is 0.497 e. The molecule has 0 aliphatic heterocycles. The Hall–Kier alpha value is -2.53. The molecule has 27 heavy (non-hydrogen) atoms. The Labute approximate surface area is 167 Å². The van der Waals surface area contributed by atoms with Gasteiger partial charge < -0.3 is 14.8 Å². The van der Waals surface area contributed by atoms with Crippen molar-refractivity contribution >= 4 is 32.6 Å². The number of methoxy groups -OCH3 is 2. The lowest BCUT2D eigenvalue weighted by atomic mass is 10.1. The van der Waals surface area contributed by atoms with E-state index in [-0.39, 0.29) is 5.91 Å². The normalized spacial score (nSPS) is 10.6. The molecule has 0 spiro atoms. The summed E-state index contributed by atoms with van der Waals surface area (Å²) in [4.78, 5) is 12.2. The van der Waals surface area contributed by atoms with E-state index in [1.165, 1.54) is 0 Å². The smallest absolute Gasteiger partial charge is 0.220 e. The number of aryl methyl sites for hydroxylation is 1. The first kappa shape index (κ1) is 19.2. The van der Waals surface area contributed by atoms with Gasteiger partial charge in [-0.1, -0.05) is 24.3 Å². The average Bonchev–Trinajstić information content (AvgIpc) is 2.70. The van der Waals surface area contributed by atoms with Gasteiger partial charge in [-0.2, -0.15) is 0 Å². The Morgan fingerprint density at radius 1 is 0.926 bits per heavy atom. The van der Waals surface area contributed by atoms with Gasteiger partial charge in [0.25, 0.3) is 0 Å². The van der Waals surface area contributed by atoms with Gasteiger partial charge in [0.1, 0.15) is 11.5 Å². The molecule has 0 aliphatic rings. The van der Waals surface area contributed by atoms with Crippen LogP contribution in [-0.2, 0) is 17.8 Å². The van der Waals surface area contributed by atoms with Crippen molar-refractivity contribution in [1.82, 2.24) is 5.32 Å². The monoisotopic (exact) mass is 427 g/mol. The molecule has 0 radical (unpaired) electrons. The summed E-state index contributed by atoms with van der Waals surface area (Å²) in [6.07, 6.45) is 1.13. The SMILES string of the molecule is COc1ccc2cc(CNC(=O)CCc3ccc(OC)c(Br)c3)ccc2c1. The number of hydrogen-bond donors (Lipinski definition) is 1. The molecule has 5 heteroatoms. The predicted molar refractivity (Wildman–Crippen MR) is 111 cm³/mol. The van der Waals surface area contributed by atoms with Crippen molar-refractivity contribution in [1.29, 1.82) is 0 Å². The molecule has 4 nitrogen and oxygen atoms in total. The molecule has 1 N–H and O–H groups in total. The van der Waals surface area contributed by atoms with Crippen molar-refractivity contribution in [2.45, 2.75) is 19.4 Å². The molecule has 0 saturated heterocycles. The Bertz CT molecular complexity index is 955. The fraction of sp³-hybridized carbons (Fsp3) is 0.227. The van der Waals surface area contributed by atoms with Crippen molar-refractivity contribution < 1.29 is 14.3 Å². The van der Waals surface area contributed by atoms with Crippen molar-refractivity contribution in [3.8, 4) is 11.5 Å². The lowest BCUT2D eigenvalue weighted by Gasteiger charge is -2.09. The van der Waals surface area contributed by atoms with Gasteiger partial charge in [-0.05, 0) is 74.6 Å². The van der Waals surface area contributed by atoms with Gasteiger partial charge >= 0.3 is 0 Å². The summed E-state index contributed by atoms with van der Waals surface area (Å²) in [6, 6.07) is 18.0. The van der Waals surface area contributed by atoms with Crippen molar-refractivity contribution in [2.75, 3.05) is 14.2 Å². The number of halogens is 1. The molecule has 3 aromatic rings. The zero-order valence-electron chi connectivity index (χ0n) is 15.4. The molecular weight excluding hydrogens is 406 g/mol. The number of ether oxygens (including phenoxy) is 2. The van der Waals surface area contributed by atoms with Gasteiger partial charge in [0, 0.05) is 13.0 Å². The average molecular weight is 428 g/mol. The number of amides is 1. The van der Waals surface area contributed by atoms with Gasteiger partial charge in [0.05, 0.1) is 18.7 Å². The quantitative estimate of drug-likeness (QED) is 0.584. The predicted octanol–water partition coefficient (Wildman–Crippen LogP) is 4.87. The van der Waals surface area contributed by atoms with Crippen LogP contribution >= 0.6 is 15.9 Å². The molecule has 140 valence electrons. The maximum Gasteiger partial charge on any atom is 0.220 e.